The minimum absolute atomic E-state index is 0.918. The molecule has 0 saturated carbocycles. The molecule has 0 N–H and O–H groups in total. The molecule has 214 valence electrons. The third-order valence-electron chi connectivity index (χ3n) is 9.61. The summed E-state index contributed by atoms with van der Waals surface area (Å²) < 4.78 is 14.1. The van der Waals surface area contributed by atoms with E-state index in [0.717, 1.165) is 16.6 Å². The normalized spacial score (nSPS) is 12.3. The van der Waals surface area contributed by atoms with E-state index in [2.05, 4.69) is 138 Å². The molecule has 0 radical (unpaired) electrons. The van der Waals surface area contributed by atoms with Crippen molar-refractivity contribution < 1.29 is 4.42 Å². The Bertz CT molecular complexity index is 3040. The minimum Gasteiger partial charge on any atom is -0.456 e. The number of thiophene rings is 2. The summed E-state index contributed by atoms with van der Waals surface area (Å²) in [7, 11) is 0. The maximum atomic E-state index is 6.38. The Morgan fingerprint density at radius 2 is 1.15 bits per heavy atom. The highest BCUT2D eigenvalue weighted by Gasteiger charge is 2.21. The van der Waals surface area contributed by atoms with Gasteiger partial charge >= 0.3 is 0 Å². The molecule has 46 heavy (non-hydrogen) atoms. The number of nitrogens with zero attached hydrogens (tertiary/aromatic N) is 1. The van der Waals surface area contributed by atoms with Gasteiger partial charge in [0.05, 0.1) is 26.8 Å². The Kier molecular flexibility index (Phi) is 4.90. The van der Waals surface area contributed by atoms with Crippen molar-refractivity contribution in [3.63, 3.8) is 0 Å². The molecule has 0 spiro atoms. The number of fused-ring (bicyclic) bond motifs is 13. The zero-order valence-electron chi connectivity index (χ0n) is 24.5. The molecular weight excluding hydrogens is 599 g/mol. The lowest BCUT2D eigenvalue weighted by molar-refractivity contribution is 0.669. The summed E-state index contributed by atoms with van der Waals surface area (Å²) in [6.45, 7) is 0. The molecule has 0 amide bonds. The zero-order valence-corrected chi connectivity index (χ0v) is 26.1. The standard InChI is InChI=1S/C42H23NOS2/c1-4-15-33-26(9-1)29-21-22-36-39(32-11-2-5-17-35(32)44-36)40(29)43(33)34-16-8-14-31-28-20-19-24(23-38(28)46-42(31)34)25-12-7-13-30-27-10-3-6-18-37(27)45-41(25)30/h1-23H. The van der Waals surface area contributed by atoms with Crippen molar-refractivity contribution in [2.24, 2.45) is 0 Å². The van der Waals surface area contributed by atoms with E-state index in [-0.39, 0.29) is 0 Å². The molecule has 4 heterocycles. The molecule has 0 fully saturated rings. The van der Waals surface area contributed by atoms with Crippen molar-refractivity contribution in [3.8, 4) is 16.8 Å². The number of hydrogen-bond donors (Lipinski definition) is 0. The fraction of sp³-hybridized carbons (Fsp3) is 0. The highest BCUT2D eigenvalue weighted by molar-refractivity contribution is 7.27. The Hall–Kier alpha value is -5.42. The minimum atomic E-state index is 0.918. The maximum absolute atomic E-state index is 6.38. The third-order valence-corrected chi connectivity index (χ3v) is 12.0. The van der Waals surface area contributed by atoms with Gasteiger partial charge in [0.25, 0.3) is 0 Å². The lowest BCUT2D eigenvalue weighted by Crippen LogP contribution is -1.94. The first kappa shape index (κ1) is 24.8. The maximum Gasteiger partial charge on any atom is 0.137 e. The van der Waals surface area contributed by atoms with Crippen LogP contribution in [0.1, 0.15) is 0 Å². The van der Waals surface area contributed by atoms with Crippen molar-refractivity contribution in [2.75, 3.05) is 0 Å². The predicted octanol–water partition coefficient (Wildman–Crippen LogP) is 13.1. The molecule has 7 aromatic carbocycles. The van der Waals surface area contributed by atoms with Crippen LogP contribution >= 0.6 is 22.7 Å². The lowest BCUT2D eigenvalue weighted by Gasteiger charge is -2.10. The molecule has 0 aliphatic rings. The second kappa shape index (κ2) is 9.07. The van der Waals surface area contributed by atoms with Crippen molar-refractivity contribution in [1.82, 2.24) is 4.57 Å². The van der Waals surface area contributed by atoms with Gasteiger partial charge in [-0.1, -0.05) is 97.1 Å². The van der Waals surface area contributed by atoms with Crippen LogP contribution in [-0.4, -0.2) is 4.57 Å². The van der Waals surface area contributed by atoms with E-state index in [4.69, 9.17) is 4.42 Å². The molecular formula is C42H23NOS2. The van der Waals surface area contributed by atoms with E-state index >= 15 is 0 Å². The van der Waals surface area contributed by atoms with E-state index in [1.807, 2.05) is 28.7 Å². The highest BCUT2D eigenvalue weighted by atomic mass is 32.1. The smallest absolute Gasteiger partial charge is 0.137 e. The first-order valence-electron chi connectivity index (χ1n) is 15.5. The van der Waals surface area contributed by atoms with Crippen LogP contribution in [0.5, 0.6) is 0 Å². The van der Waals surface area contributed by atoms with Gasteiger partial charge in [0, 0.05) is 51.8 Å². The second-order valence-electron chi connectivity index (χ2n) is 12.0. The Labute approximate surface area is 270 Å². The third kappa shape index (κ3) is 3.24. The van der Waals surface area contributed by atoms with Crippen LogP contribution in [0.15, 0.2) is 144 Å². The van der Waals surface area contributed by atoms with E-state index in [1.165, 1.54) is 84.4 Å². The largest absolute Gasteiger partial charge is 0.456 e. The van der Waals surface area contributed by atoms with Crippen LogP contribution in [0, 0.1) is 0 Å². The van der Waals surface area contributed by atoms with Crippen LogP contribution in [-0.2, 0) is 0 Å². The van der Waals surface area contributed by atoms with Crippen LogP contribution in [0.25, 0.3) is 101 Å². The number of para-hydroxylation sites is 2. The second-order valence-corrected chi connectivity index (χ2v) is 14.1. The van der Waals surface area contributed by atoms with E-state index in [1.54, 1.807) is 0 Å². The van der Waals surface area contributed by atoms with Gasteiger partial charge in [-0.2, -0.15) is 0 Å². The van der Waals surface area contributed by atoms with Gasteiger partial charge < -0.3 is 8.98 Å². The topological polar surface area (TPSA) is 18.1 Å². The van der Waals surface area contributed by atoms with Gasteiger partial charge in [0.1, 0.15) is 11.2 Å². The fourth-order valence-corrected chi connectivity index (χ4v) is 10.1. The first-order chi connectivity index (χ1) is 22.8. The average Bonchev–Trinajstić information content (AvgIpc) is 3.86. The van der Waals surface area contributed by atoms with Crippen molar-refractivity contribution in [3.05, 3.63) is 140 Å². The molecule has 4 aromatic heterocycles. The summed E-state index contributed by atoms with van der Waals surface area (Å²) >= 11 is 3.78. The predicted molar refractivity (Wildman–Crippen MR) is 199 cm³/mol. The molecule has 2 nitrogen and oxygen atoms in total. The van der Waals surface area contributed by atoms with Gasteiger partial charge in [0.15, 0.2) is 0 Å². The van der Waals surface area contributed by atoms with Gasteiger partial charge in [0.2, 0.25) is 0 Å². The monoisotopic (exact) mass is 621 g/mol. The van der Waals surface area contributed by atoms with Crippen LogP contribution in [0.4, 0.5) is 0 Å². The van der Waals surface area contributed by atoms with E-state index in [0.29, 0.717) is 0 Å². The highest BCUT2D eigenvalue weighted by Crippen LogP contribution is 2.46. The quantitative estimate of drug-likeness (QED) is 0.188. The molecule has 0 aliphatic heterocycles. The fourth-order valence-electron chi connectivity index (χ4n) is 7.62. The number of rotatable bonds is 2. The van der Waals surface area contributed by atoms with Crippen molar-refractivity contribution in [1.29, 1.82) is 0 Å². The summed E-state index contributed by atoms with van der Waals surface area (Å²) in [5.74, 6) is 0. The molecule has 0 bridgehead atoms. The molecule has 0 atom stereocenters. The number of furan rings is 1. The number of hydrogen-bond acceptors (Lipinski definition) is 3. The van der Waals surface area contributed by atoms with Crippen LogP contribution in [0.3, 0.4) is 0 Å². The molecule has 0 saturated heterocycles. The lowest BCUT2D eigenvalue weighted by atomic mass is 10.0. The summed E-state index contributed by atoms with van der Waals surface area (Å²) in [6, 6.07) is 50.8. The van der Waals surface area contributed by atoms with Gasteiger partial charge in [-0.15, -0.1) is 22.7 Å². The van der Waals surface area contributed by atoms with E-state index < -0.39 is 0 Å². The van der Waals surface area contributed by atoms with Crippen LogP contribution in [0.2, 0.25) is 0 Å². The zero-order chi connectivity index (χ0) is 29.9. The van der Waals surface area contributed by atoms with Gasteiger partial charge in [-0.3, -0.25) is 0 Å². The average molecular weight is 622 g/mol. The SMILES string of the molecule is c1ccc2c(c1)oc1ccc3c4ccccc4n(-c4cccc5c4sc4cc(-c6cccc7c6sc6ccccc67)ccc45)c3c12. The Morgan fingerprint density at radius 1 is 0.457 bits per heavy atom. The summed E-state index contributed by atoms with van der Waals surface area (Å²) in [6.07, 6.45) is 0. The molecule has 11 rings (SSSR count). The first-order valence-corrected chi connectivity index (χ1v) is 17.1. The number of aromatic nitrogens is 1. The number of benzene rings is 7. The summed E-state index contributed by atoms with van der Waals surface area (Å²) in [5.41, 5.74) is 8.01. The van der Waals surface area contributed by atoms with Crippen molar-refractivity contribution in [2.45, 2.75) is 0 Å². The van der Waals surface area contributed by atoms with Crippen LogP contribution < -0.4 is 0 Å². The Morgan fingerprint density at radius 3 is 2.09 bits per heavy atom. The molecule has 4 heteroatoms. The molecule has 11 aromatic rings. The molecule has 0 aliphatic carbocycles. The van der Waals surface area contributed by atoms with Gasteiger partial charge in [-0.05, 0) is 53.6 Å². The summed E-state index contributed by atoms with van der Waals surface area (Å²) in [4.78, 5) is 0. The van der Waals surface area contributed by atoms with E-state index in [9.17, 15) is 0 Å². The Balaban J connectivity index is 1.21. The summed E-state index contributed by atoms with van der Waals surface area (Å²) in [5, 5.41) is 10.1. The van der Waals surface area contributed by atoms with Crippen molar-refractivity contribution >= 4 is 107 Å². The van der Waals surface area contributed by atoms with Gasteiger partial charge in [-0.25, -0.2) is 0 Å². The molecule has 0 unspecified atom stereocenters.